The third kappa shape index (κ3) is 3.19. The van der Waals surface area contributed by atoms with Gasteiger partial charge in [0.15, 0.2) is 0 Å². The molecule has 1 N–H and O–H groups in total. The lowest BCUT2D eigenvalue weighted by molar-refractivity contribution is -0.140. The van der Waals surface area contributed by atoms with E-state index in [1.807, 2.05) is 52.1 Å². The molecule has 0 radical (unpaired) electrons. The van der Waals surface area contributed by atoms with Gasteiger partial charge in [-0.3, -0.25) is 4.79 Å². The van der Waals surface area contributed by atoms with Crippen LogP contribution in [0.25, 0.3) is 10.9 Å². The van der Waals surface area contributed by atoms with E-state index < -0.39 is 18.3 Å². The quantitative estimate of drug-likeness (QED) is 0.656. The molecule has 1 atom stereocenters. The number of esters is 1. The fraction of sp³-hybridized carbons (Fsp3) is 0.500. The number of carbonyl (C=O) groups is 1. The summed E-state index contributed by atoms with van der Waals surface area (Å²) in [6.45, 7) is 7.96. The number of hydrogen-bond donors (Lipinski definition) is 1. The van der Waals surface area contributed by atoms with Gasteiger partial charge < -0.3 is 19.0 Å². The van der Waals surface area contributed by atoms with Crippen LogP contribution in [0, 0.1) is 0 Å². The van der Waals surface area contributed by atoms with Gasteiger partial charge in [0.05, 0.1) is 29.8 Å². The van der Waals surface area contributed by atoms with Gasteiger partial charge in [-0.15, -0.1) is 0 Å². The van der Waals surface area contributed by atoms with Crippen LogP contribution in [0.15, 0.2) is 24.4 Å². The molecule has 1 aliphatic heterocycles. The summed E-state index contributed by atoms with van der Waals surface area (Å²) in [4.78, 5) is 15.3. The van der Waals surface area contributed by atoms with Crippen molar-refractivity contribution in [3.8, 4) is 0 Å². The molecule has 3 rings (SSSR count). The van der Waals surface area contributed by atoms with E-state index in [-0.39, 0.29) is 18.2 Å². The van der Waals surface area contributed by atoms with Crippen molar-refractivity contribution in [2.75, 3.05) is 7.11 Å². The largest absolute Gasteiger partial charge is 0.469 e. The van der Waals surface area contributed by atoms with Crippen LogP contribution in [-0.4, -0.2) is 36.4 Å². The van der Waals surface area contributed by atoms with Gasteiger partial charge in [-0.2, -0.15) is 0 Å². The van der Waals surface area contributed by atoms with Gasteiger partial charge in [-0.25, -0.2) is 0 Å². The highest BCUT2D eigenvalue weighted by Gasteiger charge is 2.54. The zero-order valence-corrected chi connectivity index (χ0v) is 15.9. The van der Waals surface area contributed by atoms with Gasteiger partial charge in [-0.05, 0) is 45.4 Å². The molecule has 0 amide bonds. The first-order valence-electron chi connectivity index (χ1n) is 8.34. The van der Waals surface area contributed by atoms with E-state index in [9.17, 15) is 4.79 Å². The molecule has 1 unspecified atom stereocenters. The second-order valence-corrected chi connectivity index (χ2v) is 7.83. The minimum Gasteiger partial charge on any atom is -0.469 e. The van der Waals surface area contributed by atoms with E-state index in [4.69, 9.17) is 25.6 Å². The lowest BCUT2D eigenvalue weighted by Gasteiger charge is -2.32. The molecule has 2 aromatic rings. The standard InChI is InChI=1S/C18H23BClNO4/c1-17(2)18(3,4)25-19(24-17)12(9-15(22)23-5)11-10-21-14-8-6-7-13(20)16(11)14/h6-8,10,12,21H,9H2,1-5H3. The predicted molar refractivity (Wildman–Crippen MR) is 98.8 cm³/mol. The summed E-state index contributed by atoms with van der Waals surface area (Å²) in [7, 11) is 0.811. The zero-order valence-electron chi connectivity index (χ0n) is 15.2. The second kappa shape index (κ2) is 6.34. The molecule has 1 aromatic carbocycles. The van der Waals surface area contributed by atoms with Crippen LogP contribution < -0.4 is 0 Å². The number of aromatic nitrogens is 1. The Kier molecular flexibility index (Phi) is 4.64. The Morgan fingerprint density at radius 2 is 1.92 bits per heavy atom. The first kappa shape index (κ1) is 18.3. The molecule has 2 heterocycles. The smallest absolute Gasteiger partial charge is 0.466 e. The monoisotopic (exact) mass is 363 g/mol. The van der Waals surface area contributed by atoms with Crippen molar-refractivity contribution in [1.82, 2.24) is 4.98 Å². The van der Waals surface area contributed by atoms with E-state index in [1.54, 1.807) is 0 Å². The fourth-order valence-corrected chi connectivity index (χ4v) is 3.41. The summed E-state index contributed by atoms with van der Waals surface area (Å²) in [6.07, 6.45) is 2.01. The molecule has 0 saturated carbocycles. The Labute approximate surface area is 153 Å². The highest BCUT2D eigenvalue weighted by atomic mass is 35.5. The Balaban J connectivity index is 2.05. The van der Waals surface area contributed by atoms with Gasteiger partial charge in [0, 0.05) is 22.9 Å². The van der Waals surface area contributed by atoms with Crippen LogP contribution in [0.1, 0.15) is 45.5 Å². The number of H-pyrrole nitrogens is 1. The molecule has 1 fully saturated rings. The van der Waals surface area contributed by atoms with E-state index in [1.165, 1.54) is 7.11 Å². The molecule has 0 spiro atoms. The average molecular weight is 364 g/mol. The van der Waals surface area contributed by atoms with Crippen LogP contribution in [0.2, 0.25) is 5.02 Å². The number of nitrogens with one attached hydrogen (secondary N) is 1. The fourth-order valence-electron chi connectivity index (χ4n) is 3.13. The maximum absolute atomic E-state index is 12.0. The molecular formula is C18H23BClNO4. The number of halogens is 1. The zero-order chi connectivity index (χ0) is 18.4. The topological polar surface area (TPSA) is 60.6 Å². The first-order valence-corrected chi connectivity index (χ1v) is 8.72. The molecule has 1 saturated heterocycles. The third-order valence-corrected chi connectivity index (χ3v) is 5.61. The normalized spacial score (nSPS) is 20.0. The van der Waals surface area contributed by atoms with E-state index in [0.29, 0.717) is 5.02 Å². The minimum atomic E-state index is -0.570. The van der Waals surface area contributed by atoms with Crippen LogP contribution >= 0.6 is 11.6 Å². The Hall–Kier alpha value is -1.50. The number of rotatable bonds is 4. The van der Waals surface area contributed by atoms with Gasteiger partial charge in [0.1, 0.15) is 0 Å². The summed E-state index contributed by atoms with van der Waals surface area (Å²) in [5, 5.41) is 1.51. The lowest BCUT2D eigenvalue weighted by Crippen LogP contribution is -2.41. The minimum absolute atomic E-state index is 0.144. The molecule has 5 nitrogen and oxygen atoms in total. The summed E-state index contributed by atoms with van der Waals surface area (Å²) in [6, 6.07) is 5.67. The maximum atomic E-state index is 12.0. The van der Waals surface area contributed by atoms with Gasteiger partial charge >= 0.3 is 13.1 Å². The van der Waals surface area contributed by atoms with Crippen LogP contribution in [0.5, 0.6) is 0 Å². The Morgan fingerprint density at radius 3 is 2.52 bits per heavy atom. The van der Waals surface area contributed by atoms with E-state index in [2.05, 4.69) is 4.98 Å². The van der Waals surface area contributed by atoms with Gasteiger partial charge in [0.25, 0.3) is 0 Å². The number of ether oxygens (including phenoxy) is 1. The highest BCUT2D eigenvalue weighted by Crippen LogP contribution is 2.43. The van der Waals surface area contributed by atoms with Crippen molar-refractivity contribution < 1.29 is 18.8 Å². The predicted octanol–water partition coefficient (Wildman–Crippen LogP) is 4.10. The summed E-state index contributed by atoms with van der Waals surface area (Å²) < 4.78 is 17.3. The molecule has 1 aliphatic rings. The van der Waals surface area contributed by atoms with Crippen molar-refractivity contribution in [3.63, 3.8) is 0 Å². The van der Waals surface area contributed by atoms with Crippen molar-refractivity contribution in [2.45, 2.75) is 51.1 Å². The molecular weight excluding hydrogens is 340 g/mol. The van der Waals surface area contributed by atoms with Crippen molar-refractivity contribution in [2.24, 2.45) is 0 Å². The first-order chi connectivity index (χ1) is 11.7. The SMILES string of the molecule is COC(=O)CC(B1OC(C)(C)C(C)(C)O1)c1c[nH]c2cccc(Cl)c12. The van der Waals surface area contributed by atoms with Crippen LogP contribution in [-0.2, 0) is 18.8 Å². The molecule has 1 aromatic heterocycles. The van der Waals surface area contributed by atoms with E-state index >= 15 is 0 Å². The summed E-state index contributed by atoms with van der Waals surface area (Å²) in [5.74, 6) is -0.650. The summed E-state index contributed by atoms with van der Waals surface area (Å²) >= 11 is 6.42. The number of carbonyl (C=O) groups excluding carboxylic acids is 1. The maximum Gasteiger partial charge on any atom is 0.466 e. The molecule has 0 bridgehead atoms. The molecule has 134 valence electrons. The van der Waals surface area contributed by atoms with Gasteiger partial charge in [0.2, 0.25) is 0 Å². The van der Waals surface area contributed by atoms with Crippen LogP contribution in [0.4, 0.5) is 0 Å². The molecule has 0 aliphatic carbocycles. The van der Waals surface area contributed by atoms with E-state index in [0.717, 1.165) is 16.5 Å². The average Bonchev–Trinajstić information content (AvgIpc) is 3.04. The second-order valence-electron chi connectivity index (χ2n) is 7.42. The Morgan fingerprint density at radius 1 is 1.28 bits per heavy atom. The van der Waals surface area contributed by atoms with Crippen LogP contribution in [0.3, 0.4) is 0 Å². The number of benzene rings is 1. The number of aromatic amines is 1. The van der Waals surface area contributed by atoms with Crippen molar-refractivity contribution >= 4 is 35.6 Å². The third-order valence-electron chi connectivity index (χ3n) is 5.30. The number of hydrogen-bond acceptors (Lipinski definition) is 4. The van der Waals surface area contributed by atoms with Gasteiger partial charge in [-0.1, -0.05) is 17.7 Å². The summed E-state index contributed by atoms with van der Waals surface area (Å²) in [5.41, 5.74) is 0.836. The molecule has 7 heteroatoms. The number of methoxy groups -OCH3 is 1. The van der Waals surface area contributed by atoms with Crippen molar-refractivity contribution in [3.05, 3.63) is 35.0 Å². The lowest BCUT2D eigenvalue weighted by atomic mass is 9.66. The molecule has 25 heavy (non-hydrogen) atoms. The number of fused-ring (bicyclic) bond motifs is 1. The Bertz CT molecular complexity index is 785. The van der Waals surface area contributed by atoms with Crippen molar-refractivity contribution in [1.29, 1.82) is 0 Å². The highest BCUT2D eigenvalue weighted by molar-refractivity contribution is 6.48.